The number of hydrogen-bond donors (Lipinski definition) is 1. The quantitative estimate of drug-likeness (QED) is 0.833. The Morgan fingerprint density at radius 3 is 2.77 bits per heavy atom. The summed E-state index contributed by atoms with van der Waals surface area (Å²) in [5.74, 6) is 0.327. The fraction of sp³-hybridized carbons (Fsp3) is 0.389. The van der Waals surface area contributed by atoms with Gasteiger partial charge in [-0.2, -0.15) is 12.7 Å². The van der Waals surface area contributed by atoms with E-state index in [9.17, 15) is 13.2 Å². The molecule has 1 aromatic heterocycles. The number of carbonyl (C=O) groups is 1. The lowest BCUT2D eigenvalue weighted by Gasteiger charge is -2.30. The van der Waals surface area contributed by atoms with E-state index in [2.05, 4.69) is 5.32 Å². The smallest absolute Gasteiger partial charge is 0.385 e. The zero-order valence-corrected chi connectivity index (χ0v) is 15.4. The van der Waals surface area contributed by atoms with E-state index in [0.29, 0.717) is 25.1 Å². The first-order valence-corrected chi connectivity index (χ1v) is 9.87. The molecule has 7 nitrogen and oxygen atoms in total. The fourth-order valence-electron chi connectivity index (χ4n) is 2.86. The van der Waals surface area contributed by atoms with Crippen LogP contribution in [0.5, 0.6) is 5.75 Å². The molecule has 1 aliphatic heterocycles. The van der Waals surface area contributed by atoms with E-state index in [-0.39, 0.29) is 24.7 Å². The average molecular weight is 378 g/mol. The van der Waals surface area contributed by atoms with E-state index in [4.69, 9.17) is 8.60 Å². The van der Waals surface area contributed by atoms with Gasteiger partial charge in [-0.3, -0.25) is 4.79 Å². The van der Waals surface area contributed by atoms with Gasteiger partial charge < -0.3 is 13.9 Å². The van der Waals surface area contributed by atoms with Crippen LogP contribution in [0.1, 0.15) is 24.2 Å². The number of amides is 1. The third-order valence-electron chi connectivity index (χ3n) is 4.31. The molecule has 1 atom stereocenters. The lowest BCUT2D eigenvalue weighted by Crippen LogP contribution is -2.46. The lowest BCUT2D eigenvalue weighted by atomic mass is 9.99. The molecule has 3 rings (SSSR count). The van der Waals surface area contributed by atoms with Crippen molar-refractivity contribution in [2.75, 3.05) is 13.1 Å². The molecular weight excluding hydrogens is 356 g/mol. The van der Waals surface area contributed by atoms with Gasteiger partial charge in [0.1, 0.15) is 11.5 Å². The third-order valence-corrected chi connectivity index (χ3v) is 5.68. The van der Waals surface area contributed by atoms with Gasteiger partial charge in [0, 0.05) is 13.1 Å². The van der Waals surface area contributed by atoms with E-state index in [1.165, 1.54) is 4.31 Å². The molecule has 1 amide bonds. The first-order chi connectivity index (χ1) is 12.4. The molecule has 0 spiro atoms. The number of carbonyl (C=O) groups excluding carboxylic acids is 1. The zero-order valence-electron chi connectivity index (χ0n) is 14.6. The molecule has 0 unspecified atom stereocenters. The number of benzene rings is 1. The highest BCUT2D eigenvalue weighted by Crippen LogP contribution is 2.22. The molecule has 1 aliphatic rings. The van der Waals surface area contributed by atoms with E-state index in [1.807, 2.05) is 6.92 Å². The Morgan fingerprint density at radius 2 is 2.08 bits per heavy atom. The van der Waals surface area contributed by atoms with E-state index >= 15 is 0 Å². The lowest BCUT2D eigenvalue weighted by molar-refractivity contribution is -0.126. The molecule has 0 aliphatic carbocycles. The van der Waals surface area contributed by atoms with E-state index in [0.717, 1.165) is 5.56 Å². The van der Waals surface area contributed by atoms with Crippen molar-refractivity contribution in [1.82, 2.24) is 9.62 Å². The molecule has 1 aromatic carbocycles. The van der Waals surface area contributed by atoms with Crippen LogP contribution in [0.15, 0.2) is 47.1 Å². The Hall–Kier alpha value is -2.32. The van der Waals surface area contributed by atoms with Crippen LogP contribution in [0.3, 0.4) is 0 Å². The zero-order chi connectivity index (χ0) is 18.6. The molecule has 26 heavy (non-hydrogen) atoms. The number of rotatable bonds is 6. The number of piperidine rings is 1. The van der Waals surface area contributed by atoms with Gasteiger partial charge in [0.25, 0.3) is 0 Å². The van der Waals surface area contributed by atoms with Crippen molar-refractivity contribution in [1.29, 1.82) is 0 Å². The van der Waals surface area contributed by atoms with Crippen LogP contribution in [0.2, 0.25) is 0 Å². The van der Waals surface area contributed by atoms with Gasteiger partial charge in [-0.15, -0.1) is 0 Å². The minimum atomic E-state index is -3.94. The highest BCUT2D eigenvalue weighted by Gasteiger charge is 2.33. The molecule has 2 aromatic rings. The highest BCUT2D eigenvalue weighted by atomic mass is 32.2. The van der Waals surface area contributed by atoms with Crippen LogP contribution in [-0.4, -0.2) is 31.7 Å². The Morgan fingerprint density at radius 1 is 1.31 bits per heavy atom. The van der Waals surface area contributed by atoms with E-state index < -0.39 is 16.2 Å². The summed E-state index contributed by atoms with van der Waals surface area (Å²) in [5, 5.41) is 2.79. The maximum atomic E-state index is 12.5. The molecule has 0 saturated carbocycles. The number of furan rings is 1. The molecule has 1 saturated heterocycles. The second-order valence-corrected chi connectivity index (χ2v) is 7.89. The minimum absolute atomic E-state index is 0.109. The normalized spacial score (nSPS) is 18.4. The van der Waals surface area contributed by atoms with Gasteiger partial charge in [0.15, 0.2) is 0 Å². The Bertz CT molecular complexity index is 831. The first-order valence-electron chi connectivity index (χ1n) is 8.50. The summed E-state index contributed by atoms with van der Waals surface area (Å²) >= 11 is 0. The average Bonchev–Trinajstić information content (AvgIpc) is 3.15. The monoisotopic (exact) mass is 378 g/mol. The Balaban J connectivity index is 1.59. The molecule has 0 radical (unpaired) electrons. The fourth-order valence-corrected chi connectivity index (χ4v) is 4.03. The van der Waals surface area contributed by atoms with Crippen LogP contribution < -0.4 is 9.50 Å². The maximum Gasteiger partial charge on any atom is 0.385 e. The van der Waals surface area contributed by atoms with Crippen molar-refractivity contribution in [3.8, 4) is 5.75 Å². The molecule has 8 heteroatoms. The summed E-state index contributed by atoms with van der Waals surface area (Å²) in [6, 6.07) is 10.3. The molecule has 1 N–H and O–H groups in total. The first kappa shape index (κ1) is 18.5. The van der Waals surface area contributed by atoms with Crippen molar-refractivity contribution in [3.05, 3.63) is 54.0 Å². The highest BCUT2D eigenvalue weighted by molar-refractivity contribution is 7.84. The number of hydrogen-bond acceptors (Lipinski definition) is 5. The van der Waals surface area contributed by atoms with Crippen LogP contribution in [0, 0.1) is 12.8 Å². The van der Waals surface area contributed by atoms with Crippen molar-refractivity contribution in [3.63, 3.8) is 0 Å². The molecule has 140 valence electrons. The summed E-state index contributed by atoms with van der Waals surface area (Å²) < 4.78 is 36.6. The summed E-state index contributed by atoms with van der Waals surface area (Å²) in [6.45, 7) is 2.65. The second-order valence-electron chi connectivity index (χ2n) is 6.35. The third kappa shape index (κ3) is 4.64. The van der Waals surface area contributed by atoms with Gasteiger partial charge in [0.05, 0.1) is 18.7 Å². The van der Waals surface area contributed by atoms with Crippen LogP contribution >= 0.6 is 0 Å². The van der Waals surface area contributed by atoms with Crippen molar-refractivity contribution < 1.29 is 21.8 Å². The number of nitrogens with zero attached hydrogens (tertiary/aromatic N) is 1. The van der Waals surface area contributed by atoms with Gasteiger partial charge in [-0.1, -0.05) is 17.7 Å². The van der Waals surface area contributed by atoms with Crippen LogP contribution in [-0.2, 0) is 21.6 Å². The number of nitrogens with one attached hydrogen (secondary N) is 1. The second kappa shape index (κ2) is 7.92. The summed E-state index contributed by atoms with van der Waals surface area (Å²) in [7, 11) is -3.94. The Kier molecular flexibility index (Phi) is 5.63. The van der Waals surface area contributed by atoms with Gasteiger partial charge in [0.2, 0.25) is 5.91 Å². The summed E-state index contributed by atoms with van der Waals surface area (Å²) in [5.41, 5.74) is 1.01. The summed E-state index contributed by atoms with van der Waals surface area (Å²) in [4.78, 5) is 12.3. The maximum absolute atomic E-state index is 12.5. The van der Waals surface area contributed by atoms with Gasteiger partial charge in [-0.25, -0.2) is 0 Å². The number of aryl methyl sites for hydroxylation is 1. The molecule has 0 bridgehead atoms. The van der Waals surface area contributed by atoms with Gasteiger partial charge >= 0.3 is 10.3 Å². The van der Waals surface area contributed by atoms with E-state index in [1.54, 1.807) is 42.7 Å². The minimum Gasteiger partial charge on any atom is -0.467 e. The van der Waals surface area contributed by atoms with Crippen LogP contribution in [0.25, 0.3) is 0 Å². The summed E-state index contributed by atoms with van der Waals surface area (Å²) in [6.07, 6.45) is 2.79. The van der Waals surface area contributed by atoms with Crippen molar-refractivity contribution in [2.45, 2.75) is 26.3 Å². The van der Waals surface area contributed by atoms with Gasteiger partial charge in [-0.05, 0) is 44.0 Å². The largest absolute Gasteiger partial charge is 0.467 e. The topological polar surface area (TPSA) is 88.9 Å². The van der Waals surface area contributed by atoms with Crippen LogP contribution in [0.4, 0.5) is 0 Å². The van der Waals surface area contributed by atoms with Crippen molar-refractivity contribution >= 4 is 16.2 Å². The SMILES string of the molecule is Cc1ccc(OS(=O)(=O)N2CCC[C@@H](C(=O)NCc3ccco3)C2)cc1. The Labute approximate surface area is 153 Å². The predicted octanol–water partition coefficient (Wildman–Crippen LogP) is 2.24. The standard InChI is InChI=1S/C18H22N2O5S/c1-14-6-8-16(9-7-14)25-26(22,23)20-10-2-4-15(13-20)18(21)19-12-17-5-3-11-24-17/h3,5-9,11,15H,2,4,10,12-13H2,1H3,(H,19,21)/t15-/m1/s1. The predicted molar refractivity (Wildman–Crippen MR) is 95.6 cm³/mol. The molecular formula is C18H22N2O5S. The van der Waals surface area contributed by atoms with Crippen molar-refractivity contribution in [2.24, 2.45) is 5.92 Å². The molecule has 1 fully saturated rings. The molecule has 2 heterocycles.